The maximum atomic E-state index is 4.21. The molecule has 0 atom stereocenters. The minimum atomic E-state index is 0. The van der Waals surface area contributed by atoms with Crippen LogP contribution in [0.2, 0.25) is 0 Å². The van der Waals surface area contributed by atoms with Crippen molar-refractivity contribution in [2.75, 3.05) is 26.2 Å². The van der Waals surface area contributed by atoms with Gasteiger partial charge in [0.2, 0.25) is 0 Å². The molecule has 8 heavy (non-hydrogen) atoms. The van der Waals surface area contributed by atoms with Crippen LogP contribution < -0.4 is 5.32 Å². The zero-order valence-electron chi connectivity index (χ0n) is 5.06. The van der Waals surface area contributed by atoms with Crippen LogP contribution in [-0.2, 0) is 32.7 Å². The van der Waals surface area contributed by atoms with Gasteiger partial charge in [0.05, 0.1) is 0 Å². The first-order valence-electron chi connectivity index (χ1n) is 2.84. The van der Waals surface area contributed by atoms with Gasteiger partial charge < -0.3 is 10.6 Å². The number of nitrogens with zero attached hydrogens (tertiary/aromatic N) is 1. The summed E-state index contributed by atoms with van der Waals surface area (Å²) in [5.41, 5.74) is 0. The fourth-order valence-corrected chi connectivity index (χ4v) is 0.711. The Bertz CT molecular complexity index is 30.0. The average molecular weight is 188 g/mol. The molecule has 0 aromatic carbocycles. The predicted octanol–water partition coefficient (Wildman–Crippen LogP) is 0.351. The largest absolute Gasteiger partial charge is 0.661 e. The van der Waals surface area contributed by atoms with Crippen molar-refractivity contribution in [2.45, 2.75) is 6.42 Å². The van der Waals surface area contributed by atoms with Crippen LogP contribution in [0.1, 0.15) is 6.42 Å². The zero-order valence-corrected chi connectivity index (χ0v) is 7.90. The van der Waals surface area contributed by atoms with Gasteiger partial charge in [0, 0.05) is 32.7 Å². The van der Waals surface area contributed by atoms with E-state index < -0.39 is 0 Å². The number of hydrogen-bond acceptors (Lipinski definition) is 1. The molecule has 3 heteroatoms. The molecule has 0 aromatic rings. The van der Waals surface area contributed by atoms with Crippen molar-refractivity contribution in [3.8, 4) is 0 Å². The third-order valence-electron chi connectivity index (χ3n) is 1.12. The molecule has 1 fully saturated rings. The van der Waals surface area contributed by atoms with Gasteiger partial charge >= 0.3 is 0 Å². The Morgan fingerprint density at radius 3 is 2.88 bits per heavy atom. The van der Waals surface area contributed by atoms with Crippen molar-refractivity contribution >= 4 is 0 Å². The molecule has 1 saturated heterocycles. The summed E-state index contributed by atoms with van der Waals surface area (Å²) in [7, 11) is 0. The van der Waals surface area contributed by atoms with E-state index in [0.717, 1.165) is 26.2 Å². The summed E-state index contributed by atoms with van der Waals surface area (Å²) in [5, 5.41) is 7.46. The summed E-state index contributed by atoms with van der Waals surface area (Å²) in [6.07, 6.45) is 1.22. The normalized spacial score (nSPS) is 21.0. The van der Waals surface area contributed by atoms with Gasteiger partial charge in [-0.05, 0) is 13.1 Å². The Morgan fingerprint density at radius 1 is 1.12 bits per heavy atom. The minimum absolute atomic E-state index is 0. The average Bonchev–Trinajstić information content (AvgIpc) is 1.90. The summed E-state index contributed by atoms with van der Waals surface area (Å²) >= 11 is 0. The molecule has 1 heterocycles. The van der Waals surface area contributed by atoms with Gasteiger partial charge in [0.25, 0.3) is 0 Å². The fourth-order valence-electron chi connectivity index (χ4n) is 0.711. The van der Waals surface area contributed by atoms with Crippen molar-refractivity contribution in [1.29, 1.82) is 0 Å². The molecule has 0 amide bonds. The Balaban J connectivity index is 0.000000490. The molecule has 1 radical (unpaired) electrons. The third kappa shape index (κ3) is 3.96. The molecule has 0 aromatic heterocycles. The first kappa shape index (κ1) is 9.02. The standard InChI is InChI=1S/C5H11N2.Y/c1-2-6-4-5-7-3-1;/h6H,1-5H2;/q-1;. The first-order valence-corrected chi connectivity index (χ1v) is 2.84. The fraction of sp³-hybridized carbons (Fsp3) is 1.00. The second-order valence-electron chi connectivity index (χ2n) is 1.77. The van der Waals surface area contributed by atoms with Gasteiger partial charge in [-0.15, -0.1) is 13.1 Å². The van der Waals surface area contributed by atoms with Crippen LogP contribution >= 0.6 is 0 Å². The van der Waals surface area contributed by atoms with E-state index in [1.807, 2.05) is 0 Å². The van der Waals surface area contributed by atoms with Crippen molar-refractivity contribution in [3.05, 3.63) is 5.32 Å². The minimum Gasteiger partial charge on any atom is -0.661 e. The van der Waals surface area contributed by atoms with Crippen LogP contribution in [0, 0.1) is 0 Å². The van der Waals surface area contributed by atoms with Crippen LogP contribution in [0.4, 0.5) is 0 Å². The quantitative estimate of drug-likeness (QED) is 0.583. The molecule has 1 N–H and O–H groups in total. The Morgan fingerprint density at radius 2 is 2.00 bits per heavy atom. The molecule has 2 nitrogen and oxygen atoms in total. The van der Waals surface area contributed by atoms with Crippen molar-refractivity contribution in [2.24, 2.45) is 0 Å². The van der Waals surface area contributed by atoms with E-state index in [-0.39, 0.29) is 32.7 Å². The van der Waals surface area contributed by atoms with Gasteiger partial charge in [0.1, 0.15) is 0 Å². The summed E-state index contributed by atoms with van der Waals surface area (Å²) in [5.74, 6) is 0. The topological polar surface area (TPSA) is 26.1 Å². The smallest absolute Gasteiger partial charge is 0 e. The maximum absolute atomic E-state index is 4.21. The van der Waals surface area contributed by atoms with Crippen molar-refractivity contribution in [1.82, 2.24) is 5.32 Å². The van der Waals surface area contributed by atoms with Crippen LogP contribution in [0.25, 0.3) is 5.32 Å². The molecular formula is C5H11N2Y-. The molecule has 0 unspecified atom stereocenters. The first-order chi connectivity index (χ1) is 3.50. The van der Waals surface area contributed by atoms with Gasteiger partial charge in [-0.3, -0.25) is 0 Å². The Labute approximate surface area is 75.7 Å². The van der Waals surface area contributed by atoms with E-state index >= 15 is 0 Å². The molecule has 1 aliphatic rings. The molecule has 0 saturated carbocycles. The second kappa shape index (κ2) is 6.15. The number of hydrogen-bond donors (Lipinski definition) is 1. The molecular weight excluding hydrogens is 177 g/mol. The second-order valence-corrected chi connectivity index (χ2v) is 1.77. The van der Waals surface area contributed by atoms with E-state index in [9.17, 15) is 0 Å². The number of rotatable bonds is 0. The molecule has 1 rings (SSSR count). The van der Waals surface area contributed by atoms with E-state index in [2.05, 4.69) is 10.6 Å². The van der Waals surface area contributed by atoms with E-state index in [1.165, 1.54) is 6.42 Å². The summed E-state index contributed by atoms with van der Waals surface area (Å²) < 4.78 is 0. The van der Waals surface area contributed by atoms with Crippen LogP contribution in [0.3, 0.4) is 0 Å². The zero-order chi connectivity index (χ0) is 4.95. The van der Waals surface area contributed by atoms with Crippen molar-refractivity contribution < 1.29 is 32.7 Å². The summed E-state index contributed by atoms with van der Waals surface area (Å²) in [6.45, 7) is 4.32. The summed E-state index contributed by atoms with van der Waals surface area (Å²) in [4.78, 5) is 0. The molecule has 0 aliphatic carbocycles. The monoisotopic (exact) mass is 188 g/mol. The van der Waals surface area contributed by atoms with Gasteiger partial charge in [0.15, 0.2) is 0 Å². The Hall–Kier alpha value is 1.02. The predicted molar refractivity (Wildman–Crippen MR) is 30.6 cm³/mol. The number of nitrogens with one attached hydrogen (secondary N) is 1. The van der Waals surface area contributed by atoms with Gasteiger partial charge in [-0.1, -0.05) is 6.42 Å². The molecule has 0 bridgehead atoms. The molecule has 0 spiro atoms. The summed E-state index contributed by atoms with van der Waals surface area (Å²) in [6, 6.07) is 0. The molecule has 45 valence electrons. The van der Waals surface area contributed by atoms with Crippen LogP contribution in [0.5, 0.6) is 0 Å². The molecule has 1 aliphatic heterocycles. The van der Waals surface area contributed by atoms with E-state index in [1.54, 1.807) is 0 Å². The third-order valence-corrected chi connectivity index (χ3v) is 1.12. The SMILES string of the molecule is C1C[N-]CCNC1.[Y]. The van der Waals surface area contributed by atoms with Crippen LogP contribution in [-0.4, -0.2) is 26.2 Å². The maximum Gasteiger partial charge on any atom is 0 e. The van der Waals surface area contributed by atoms with E-state index in [4.69, 9.17) is 0 Å². The van der Waals surface area contributed by atoms with Gasteiger partial charge in [-0.25, -0.2) is 0 Å². The Kier molecular flexibility index (Phi) is 6.94. The van der Waals surface area contributed by atoms with Crippen molar-refractivity contribution in [3.63, 3.8) is 0 Å². The van der Waals surface area contributed by atoms with E-state index in [0.29, 0.717) is 0 Å². The van der Waals surface area contributed by atoms with Gasteiger partial charge in [-0.2, -0.15) is 0 Å². The van der Waals surface area contributed by atoms with Crippen LogP contribution in [0.15, 0.2) is 0 Å².